The molecule has 7 heteroatoms. The first-order chi connectivity index (χ1) is 12.7. The van der Waals surface area contributed by atoms with Crippen molar-refractivity contribution < 1.29 is 9.53 Å². The highest BCUT2D eigenvalue weighted by Gasteiger charge is 2.16. The Hall–Kier alpha value is -1.77. The van der Waals surface area contributed by atoms with Crippen molar-refractivity contribution in [3.05, 3.63) is 42.5 Å². The quantitative estimate of drug-likeness (QED) is 0.217. The highest BCUT2D eigenvalue weighted by Crippen LogP contribution is 2.18. The molecule has 0 heterocycles. The topological polar surface area (TPSA) is 74.8 Å². The average Bonchev–Trinajstić information content (AvgIpc) is 3.16. The molecule has 1 amide bonds. The molecule has 0 atom stereocenters. The van der Waals surface area contributed by atoms with E-state index in [0.29, 0.717) is 38.1 Å². The van der Waals surface area contributed by atoms with E-state index in [1.54, 1.807) is 13.1 Å². The first kappa shape index (κ1) is 23.3. The molecule has 1 saturated carbocycles. The summed E-state index contributed by atoms with van der Waals surface area (Å²) in [5, 5.41) is 9.52. The second kappa shape index (κ2) is 13.4. The van der Waals surface area contributed by atoms with E-state index < -0.39 is 0 Å². The molecule has 1 aromatic carbocycles. The lowest BCUT2D eigenvalue weighted by Crippen LogP contribution is -2.40. The minimum Gasteiger partial charge on any atom is -0.489 e. The van der Waals surface area contributed by atoms with Crippen LogP contribution in [-0.2, 0) is 11.3 Å². The zero-order valence-electron chi connectivity index (χ0n) is 16.0. The minimum absolute atomic E-state index is 0. The Morgan fingerprint density at radius 1 is 1.30 bits per heavy atom. The van der Waals surface area contributed by atoms with Gasteiger partial charge in [-0.15, -0.1) is 24.0 Å². The van der Waals surface area contributed by atoms with Crippen molar-refractivity contribution in [2.45, 2.75) is 44.7 Å². The minimum atomic E-state index is 0. The molecule has 0 bridgehead atoms. The number of rotatable bonds is 9. The smallest absolute Gasteiger partial charge is 0.221 e. The Bertz CT molecular complexity index is 616. The molecule has 0 spiro atoms. The summed E-state index contributed by atoms with van der Waals surface area (Å²) in [7, 11) is 1.72. The molecule has 0 unspecified atom stereocenters. The van der Waals surface area contributed by atoms with Crippen LogP contribution < -0.4 is 20.7 Å². The fourth-order valence-corrected chi connectivity index (χ4v) is 3.00. The van der Waals surface area contributed by atoms with Gasteiger partial charge in [0.05, 0.1) is 0 Å². The predicted molar refractivity (Wildman–Crippen MR) is 121 cm³/mol. The van der Waals surface area contributed by atoms with Crippen LogP contribution in [-0.4, -0.2) is 38.1 Å². The number of nitrogens with one attached hydrogen (secondary N) is 3. The lowest BCUT2D eigenvalue weighted by molar-refractivity contribution is -0.121. The third kappa shape index (κ3) is 8.64. The van der Waals surface area contributed by atoms with Gasteiger partial charge in [0, 0.05) is 38.2 Å². The van der Waals surface area contributed by atoms with E-state index in [2.05, 4.69) is 27.5 Å². The standard InChI is InChI=1S/C20H30N4O2.HI/c1-3-14-26-18-11-7-4-8-16(18)15-23-20(21-2)22-13-12-19(25)24-17-9-5-6-10-17;/h3-4,7-8,11,17H,1,5-6,9-10,12-15H2,2H3,(H,24,25)(H2,21,22,23);1H. The Labute approximate surface area is 179 Å². The first-order valence-electron chi connectivity index (χ1n) is 9.28. The van der Waals surface area contributed by atoms with Gasteiger partial charge in [0.25, 0.3) is 0 Å². The normalized spacial score (nSPS) is 14.2. The van der Waals surface area contributed by atoms with Crippen molar-refractivity contribution in [2.75, 3.05) is 20.2 Å². The molecular weight excluding hydrogens is 455 g/mol. The second-order valence-corrected chi connectivity index (χ2v) is 6.36. The summed E-state index contributed by atoms with van der Waals surface area (Å²) >= 11 is 0. The Balaban J connectivity index is 0.00000364. The van der Waals surface area contributed by atoms with Gasteiger partial charge in [-0.1, -0.05) is 43.7 Å². The number of halogens is 1. The largest absolute Gasteiger partial charge is 0.489 e. The van der Waals surface area contributed by atoms with Gasteiger partial charge in [-0.2, -0.15) is 0 Å². The number of benzene rings is 1. The van der Waals surface area contributed by atoms with Crippen LogP contribution in [0.4, 0.5) is 0 Å². The summed E-state index contributed by atoms with van der Waals surface area (Å²) in [5.41, 5.74) is 1.04. The monoisotopic (exact) mass is 486 g/mol. The van der Waals surface area contributed by atoms with Crippen LogP contribution in [0, 0.1) is 0 Å². The molecule has 1 aliphatic carbocycles. The van der Waals surface area contributed by atoms with E-state index in [1.807, 2.05) is 24.3 Å². The fraction of sp³-hybridized carbons (Fsp3) is 0.500. The number of ether oxygens (including phenoxy) is 1. The van der Waals surface area contributed by atoms with E-state index >= 15 is 0 Å². The summed E-state index contributed by atoms with van der Waals surface area (Å²) in [5.74, 6) is 1.59. The average molecular weight is 486 g/mol. The molecule has 1 fully saturated rings. The summed E-state index contributed by atoms with van der Waals surface area (Å²) < 4.78 is 5.66. The molecule has 27 heavy (non-hydrogen) atoms. The van der Waals surface area contributed by atoms with Crippen LogP contribution in [0.15, 0.2) is 41.9 Å². The maximum absolute atomic E-state index is 12.0. The highest BCUT2D eigenvalue weighted by molar-refractivity contribution is 14.0. The van der Waals surface area contributed by atoms with Crippen LogP contribution >= 0.6 is 24.0 Å². The van der Waals surface area contributed by atoms with E-state index in [9.17, 15) is 4.79 Å². The zero-order valence-corrected chi connectivity index (χ0v) is 18.3. The van der Waals surface area contributed by atoms with Gasteiger partial charge in [0.1, 0.15) is 12.4 Å². The van der Waals surface area contributed by atoms with Gasteiger partial charge in [0.2, 0.25) is 5.91 Å². The molecule has 3 N–H and O–H groups in total. The number of nitrogens with zero attached hydrogens (tertiary/aromatic N) is 1. The number of hydrogen-bond acceptors (Lipinski definition) is 3. The third-order valence-corrected chi connectivity index (χ3v) is 4.36. The number of amides is 1. The van der Waals surface area contributed by atoms with Gasteiger partial charge >= 0.3 is 0 Å². The summed E-state index contributed by atoms with van der Waals surface area (Å²) in [4.78, 5) is 16.2. The van der Waals surface area contributed by atoms with Gasteiger partial charge in [0.15, 0.2) is 5.96 Å². The number of guanidine groups is 1. The Morgan fingerprint density at radius 3 is 2.74 bits per heavy atom. The lowest BCUT2D eigenvalue weighted by Gasteiger charge is -2.15. The number of aliphatic imine (C=N–C) groups is 1. The van der Waals surface area contributed by atoms with E-state index in [0.717, 1.165) is 24.2 Å². The predicted octanol–water partition coefficient (Wildman–Crippen LogP) is 2.98. The molecule has 0 radical (unpaired) electrons. The number of carbonyl (C=O) groups excluding carboxylic acids is 1. The summed E-state index contributed by atoms with van der Waals surface area (Å²) in [6.07, 6.45) is 6.82. The summed E-state index contributed by atoms with van der Waals surface area (Å²) in [6.45, 7) is 5.28. The molecule has 1 aromatic rings. The Kier molecular flexibility index (Phi) is 11.6. The van der Waals surface area contributed by atoms with Crippen LogP contribution in [0.2, 0.25) is 0 Å². The van der Waals surface area contributed by atoms with Crippen molar-refractivity contribution in [2.24, 2.45) is 4.99 Å². The van der Waals surface area contributed by atoms with Gasteiger partial charge in [-0.3, -0.25) is 9.79 Å². The molecule has 2 rings (SSSR count). The van der Waals surface area contributed by atoms with Crippen molar-refractivity contribution in [3.8, 4) is 5.75 Å². The number of carbonyl (C=O) groups is 1. The molecular formula is C20H31IN4O2. The first-order valence-corrected chi connectivity index (χ1v) is 9.28. The van der Waals surface area contributed by atoms with Gasteiger partial charge < -0.3 is 20.7 Å². The SMILES string of the molecule is C=CCOc1ccccc1CNC(=NC)NCCC(=O)NC1CCCC1.I. The van der Waals surface area contributed by atoms with Crippen molar-refractivity contribution in [3.63, 3.8) is 0 Å². The molecule has 1 aliphatic rings. The maximum Gasteiger partial charge on any atom is 0.221 e. The van der Waals surface area contributed by atoms with Gasteiger partial charge in [-0.05, 0) is 18.9 Å². The second-order valence-electron chi connectivity index (χ2n) is 6.36. The van der Waals surface area contributed by atoms with Gasteiger partial charge in [-0.25, -0.2) is 0 Å². The third-order valence-electron chi connectivity index (χ3n) is 4.36. The van der Waals surface area contributed by atoms with Crippen LogP contribution in [0.5, 0.6) is 5.75 Å². The zero-order chi connectivity index (χ0) is 18.6. The molecule has 0 aliphatic heterocycles. The van der Waals surface area contributed by atoms with E-state index in [4.69, 9.17) is 4.74 Å². The van der Waals surface area contributed by atoms with E-state index in [1.165, 1.54) is 12.8 Å². The lowest BCUT2D eigenvalue weighted by atomic mass is 10.2. The highest BCUT2D eigenvalue weighted by atomic mass is 127. The van der Waals surface area contributed by atoms with E-state index in [-0.39, 0.29) is 29.9 Å². The van der Waals surface area contributed by atoms with Crippen LogP contribution in [0.1, 0.15) is 37.7 Å². The molecule has 0 saturated heterocycles. The molecule has 0 aromatic heterocycles. The number of hydrogen-bond donors (Lipinski definition) is 3. The Morgan fingerprint density at radius 2 is 2.04 bits per heavy atom. The molecule has 6 nitrogen and oxygen atoms in total. The summed E-state index contributed by atoms with van der Waals surface area (Å²) in [6, 6.07) is 8.23. The van der Waals surface area contributed by atoms with Crippen LogP contribution in [0.3, 0.4) is 0 Å². The fourth-order valence-electron chi connectivity index (χ4n) is 3.00. The van der Waals surface area contributed by atoms with Crippen LogP contribution in [0.25, 0.3) is 0 Å². The van der Waals surface area contributed by atoms with Crippen molar-refractivity contribution in [1.29, 1.82) is 0 Å². The van der Waals surface area contributed by atoms with Crippen molar-refractivity contribution in [1.82, 2.24) is 16.0 Å². The van der Waals surface area contributed by atoms with Crippen molar-refractivity contribution >= 4 is 35.8 Å². The molecule has 150 valence electrons. The maximum atomic E-state index is 12.0. The number of para-hydroxylation sites is 1.